The number of aliphatic hydroxyl groups is 1. The fraction of sp³-hybridized carbons (Fsp3) is 0.429. The number of halogens is 2. The number of nitrogens with zero attached hydrogens (tertiary/aromatic N) is 3. The largest absolute Gasteiger partial charge is 0.388 e. The van der Waals surface area contributed by atoms with Crippen LogP contribution in [0.25, 0.3) is 0 Å². The van der Waals surface area contributed by atoms with E-state index in [4.69, 9.17) is 11.6 Å². The molecule has 0 bridgehead atoms. The van der Waals surface area contributed by atoms with Crippen LogP contribution in [-0.4, -0.2) is 19.9 Å². The molecule has 0 aliphatic heterocycles. The molecule has 0 saturated carbocycles. The van der Waals surface area contributed by atoms with E-state index in [1.807, 2.05) is 16.8 Å². The molecule has 108 valence electrons. The highest BCUT2D eigenvalue weighted by molar-refractivity contribution is 9.10. The molecule has 0 fully saturated rings. The number of rotatable bonds is 5. The third-order valence-electron chi connectivity index (χ3n) is 2.94. The summed E-state index contributed by atoms with van der Waals surface area (Å²) in [5.74, 6) is 1.27. The van der Waals surface area contributed by atoms with Gasteiger partial charge in [0.1, 0.15) is 12.2 Å². The molecule has 1 aromatic carbocycles. The molecule has 0 saturated heterocycles. The first-order valence-electron chi connectivity index (χ1n) is 6.47. The first-order chi connectivity index (χ1) is 9.47. The van der Waals surface area contributed by atoms with Gasteiger partial charge >= 0.3 is 0 Å². The molecule has 0 aliphatic rings. The molecule has 2 aromatic rings. The number of aromatic nitrogens is 3. The van der Waals surface area contributed by atoms with Crippen LogP contribution in [0.2, 0.25) is 5.02 Å². The summed E-state index contributed by atoms with van der Waals surface area (Å²) in [7, 11) is 0. The Bertz CT molecular complexity index is 586. The SMILES string of the molecule is CC(C)Cn1ncnc1CC(O)c1ccc(Cl)c(Br)c1. The summed E-state index contributed by atoms with van der Waals surface area (Å²) >= 11 is 9.32. The van der Waals surface area contributed by atoms with Gasteiger partial charge in [-0.1, -0.05) is 31.5 Å². The molecular formula is C14H17BrClN3O. The third-order valence-corrected chi connectivity index (χ3v) is 4.15. The molecule has 2 rings (SSSR count). The van der Waals surface area contributed by atoms with Crippen LogP contribution in [0.3, 0.4) is 0 Å². The summed E-state index contributed by atoms with van der Waals surface area (Å²) in [6, 6.07) is 5.42. The molecule has 0 amide bonds. The molecule has 6 heteroatoms. The average Bonchev–Trinajstić information content (AvgIpc) is 2.79. The topological polar surface area (TPSA) is 50.9 Å². The molecule has 20 heavy (non-hydrogen) atoms. The highest BCUT2D eigenvalue weighted by atomic mass is 79.9. The Morgan fingerprint density at radius 3 is 2.80 bits per heavy atom. The predicted molar refractivity (Wildman–Crippen MR) is 82.7 cm³/mol. The van der Waals surface area contributed by atoms with Crippen molar-refractivity contribution in [1.29, 1.82) is 0 Å². The Hall–Kier alpha value is -0.910. The Morgan fingerprint density at radius 1 is 1.40 bits per heavy atom. The van der Waals surface area contributed by atoms with E-state index in [0.29, 0.717) is 17.4 Å². The second kappa shape index (κ2) is 6.70. The Morgan fingerprint density at radius 2 is 2.15 bits per heavy atom. The van der Waals surface area contributed by atoms with Gasteiger partial charge < -0.3 is 5.11 Å². The minimum absolute atomic E-state index is 0.431. The molecule has 1 aromatic heterocycles. The lowest BCUT2D eigenvalue weighted by molar-refractivity contribution is 0.173. The highest BCUT2D eigenvalue weighted by Crippen LogP contribution is 2.27. The average molecular weight is 359 g/mol. The van der Waals surface area contributed by atoms with Crippen molar-refractivity contribution in [3.63, 3.8) is 0 Å². The molecule has 1 unspecified atom stereocenters. The summed E-state index contributed by atoms with van der Waals surface area (Å²) < 4.78 is 2.62. The lowest BCUT2D eigenvalue weighted by atomic mass is 10.1. The van der Waals surface area contributed by atoms with Gasteiger partial charge in [-0.3, -0.25) is 0 Å². The first-order valence-corrected chi connectivity index (χ1v) is 7.64. The highest BCUT2D eigenvalue weighted by Gasteiger charge is 2.14. The van der Waals surface area contributed by atoms with Gasteiger partial charge in [-0.15, -0.1) is 0 Å². The Labute approximate surface area is 131 Å². The van der Waals surface area contributed by atoms with Gasteiger partial charge in [0.05, 0.1) is 11.1 Å². The number of benzene rings is 1. The van der Waals surface area contributed by atoms with Crippen molar-refractivity contribution >= 4 is 27.5 Å². The molecule has 1 atom stereocenters. The van der Waals surface area contributed by atoms with Gasteiger partial charge in [-0.05, 0) is 39.5 Å². The fourth-order valence-electron chi connectivity index (χ4n) is 1.95. The van der Waals surface area contributed by atoms with Crippen molar-refractivity contribution in [2.75, 3.05) is 0 Å². The van der Waals surface area contributed by atoms with Crippen LogP contribution in [-0.2, 0) is 13.0 Å². The van der Waals surface area contributed by atoms with Crippen molar-refractivity contribution < 1.29 is 5.11 Å². The van der Waals surface area contributed by atoms with E-state index in [1.165, 1.54) is 6.33 Å². The van der Waals surface area contributed by atoms with E-state index in [9.17, 15) is 5.11 Å². The maximum Gasteiger partial charge on any atom is 0.138 e. The van der Waals surface area contributed by atoms with Crippen molar-refractivity contribution in [3.8, 4) is 0 Å². The second-order valence-electron chi connectivity index (χ2n) is 5.15. The summed E-state index contributed by atoms with van der Waals surface area (Å²) in [6.07, 6.45) is 1.34. The van der Waals surface area contributed by atoms with Gasteiger partial charge in [0.25, 0.3) is 0 Å². The lowest BCUT2D eigenvalue weighted by Gasteiger charge is -2.13. The van der Waals surface area contributed by atoms with Crippen LogP contribution in [0.4, 0.5) is 0 Å². The van der Waals surface area contributed by atoms with Crippen LogP contribution in [0.15, 0.2) is 29.0 Å². The lowest BCUT2D eigenvalue weighted by Crippen LogP contribution is -2.13. The zero-order valence-corrected chi connectivity index (χ0v) is 13.8. The number of hydrogen-bond donors (Lipinski definition) is 1. The molecule has 0 spiro atoms. The molecule has 1 N–H and O–H groups in total. The zero-order chi connectivity index (χ0) is 14.7. The van der Waals surface area contributed by atoms with Gasteiger partial charge in [0, 0.05) is 17.4 Å². The monoisotopic (exact) mass is 357 g/mol. The van der Waals surface area contributed by atoms with E-state index in [0.717, 1.165) is 22.4 Å². The summed E-state index contributed by atoms with van der Waals surface area (Å²) in [6.45, 7) is 5.04. The maximum atomic E-state index is 10.3. The van der Waals surface area contributed by atoms with Crippen molar-refractivity contribution in [2.45, 2.75) is 32.9 Å². The number of aliphatic hydroxyl groups excluding tert-OH is 1. The molecular weight excluding hydrogens is 342 g/mol. The predicted octanol–water partition coefficient (Wildman–Crippen LogP) is 3.63. The molecule has 0 aliphatic carbocycles. The molecule has 4 nitrogen and oxygen atoms in total. The van der Waals surface area contributed by atoms with E-state index in [1.54, 1.807) is 6.07 Å². The van der Waals surface area contributed by atoms with Gasteiger partial charge in [0.2, 0.25) is 0 Å². The summed E-state index contributed by atoms with van der Waals surface area (Å²) in [5, 5.41) is 15.1. The Balaban J connectivity index is 2.13. The van der Waals surface area contributed by atoms with E-state index in [2.05, 4.69) is 39.9 Å². The Kier molecular flexibility index (Phi) is 5.18. The minimum Gasteiger partial charge on any atom is -0.388 e. The normalized spacial score (nSPS) is 12.9. The summed E-state index contributed by atoms with van der Waals surface area (Å²) in [5.41, 5.74) is 0.806. The van der Waals surface area contributed by atoms with Gasteiger partial charge in [-0.25, -0.2) is 9.67 Å². The van der Waals surface area contributed by atoms with Crippen LogP contribution >= 0.6 is 27.5 Å². The van der Waals surface area contributed by atoms with Crippen LogP contribution in [0.5, 0.6) is 0 Å². The summed E-state index contributed by atoms with van der Waals surface area (Å²) in [4.78, 5) is 4.23. The minimum atomic E-state index is -0.626. The van der Waals surface area contributed by atoms with Crippen molar-refractivity contribution in [2.24, 2.45) is 5.92 Å². The standard InChI is InChI=1S/C14H17BrClN3O/c1-9(2)7-19-14(17-8-18-19)6-13(20)10-3-4-12(16)11(15)5-10/h3-5,8-9,13,20H,6-7H2,1-2H3. The molecule has 1 heterocycles. The zero-order valence-electron chi connectivity index (χ0n) is 11.4. The van der Waals surface area contributed by atoms with E-state index >= 15 is 0 Å². The van der Waals surface area contributed by atoms with Crippen molar-refractivity contribution in [1.82, 2.24) is 14.8 Å². The van der Waals surface area contributed by atoms with Crippen molar-refractivity contribution in [3.05, 3.63) is 45.4 Å². The maximum absolute atomic E-state index is 10.3. The number of hydrogen-bond acceptors (Lipinski definition) is 3. The quantitative estimate of drug-likeness (QED) is 0.888. The van der Waals surface area contributed by atoms with Crippen LogP contribution in [0, 0.1) is 5.92 Å². The second-order valence-corrected chi connectivity index (χ2v) is 6.41. The van der Waals surface area contributed by atoms with Gasteiger partial charge in [0.15, 0.2) is 0 Å². The smallest absolute Gasteiger partial charge is 0.138 e. The van der Waals surface area contributed by atoms with Crippen LogP contribution < -0.4 is 0 Å². The van der Waals surface area contributed by atoms with Gasteiger partial charge in [-0.2, -0.15) is 5.10 Å². The van der Waals surface area contributed by atoms with E-state index in [-0.39, 0.29) is 0 Å². The first kappa shape index (κ1) is 15.5. The third kappa shape index (κ3) is 3.81. The molecule has 0 radical (unpaired) electrons. The fourth-order valence-corrected chi connectivity index (χ4v) is 2.47. The van der Waals surface area contributed by atoms with E-state index < -0.39 is 6.10 Å². The van der Waals surface area contributed by atoms with Crippen LogP contribution in [0.1, 0.15) is 31.3 Å².